The molecule has 0 saturated carbocycles. The van der Waals surface area contributed by atoms with Gasteiger partial charge >= 0.3 is 0 Å². The Labute approximate surface area is 94.0 Å². The monoisotopic (exact) mass is 253 g/mol. The van der Waals surface area contributed by atoms with Crippen molar-refractivity contribution in [2.24, 2.45) is 0 Å². The summed E-state index contributed by atoms with van der Waals surface area (Å²) in [5.41, 5.74) is 2.15. The van der Waals surface area contributed by atoms with Crippen LogP contribution >= 0.6 is 11.3 Å². The van der Waals surface area contributed by atoms with E-state index in [2.05, 4.69) is 14.7 Å². The number of aryl methyl sites for hydroxylation is 1. The van der Waals surface area contributed by atoms with Gasteiger partial charge in [0.1, 0.15) is 12.7 Å². The Morgan fingerprint density at radius 2 is 2.06 bits per heavy atom. The van der Waals surface area contributed by atoms with Crippen LogP contribution in [-0.2, 0) is 9.68 Å². The maximum absolute atomic E-state index is 8.53. The number of hydrogen-bond acceptors (Lipinski definition) is 10. The van der Waals surface area contributed by atoms with Crippen molar-refractivity contribution in [3.8, 4) is 0 Å². The standard InChI is InChI=1S/C6H11N3O6S/c1-4-6(16-3-7-4)5(15-9(12)13)2-14-8(10)11/h3,5,10-13H,2H2,1H3. The summed E-state index contributed by atoms with van der Waals surface area (Å²) in [6.45, 7) is 1.35. The van der Waals surface area contributed by atoms with Crippen molar-refractivity contribution in [2.45, 2.75) is 13.0 Å². The summed E-state index contributed by atoms with van der Waals surface area (Å²) in [4.78, 5) is 13.4. The SMILES string of the molecule is Cc1ncsc1C(CON(O)O)ON(O)O. The molecule has 10 heteroatoms. The molecule has 0 saturated heterocycles. The van der Waals surface area contributed by atoms with Crippen LogP contribution in [0.15, 0.2) is 5.51 Å². The normalized spacial score (nSPS) is 13.7. The molecule has 0 spiro atoms. The van der Waals surface area contributed by atoms with Crippen LogP contribution in [0.25, 0.3) is 0 Å². The average Bonchev–Trinajstić information content (AvgIpc) is 2.58. The lowest BCUT2D eigenvalue weighted by atomic mass is 10.3. The molecule has 1 rings (SSSR count). The third-order valence-corrected chi connectivity index (χ3v) is 2.66. The van der Waals surface area contributed by atoms with Crippen LogP contribution in [-0.4, -0.2) is 43.2 Å². The van der Waals surface area contributed by atoms with Crippen molar-refractivity contribution < 1.29 is 30.5 Å². The number of nitrogens with zero attached hydrogens (tertiary/aromatic N) is 3. The highest BCUT2D eigenvalue weighted by atomic mass is 32.1. The first-order valence-corrected chi connectivity index (χ1v) is 4.94. The number of thiazole rings is 1. The highest BCUT2D eigenvalue weighted by Gasteiger charge is 2.21. The molecule has 0 bridgehead atoms. The van der Waals surface area contributed by atoms with Crippen LogP contribution in [0.5, 0.6) is 0 Å². The van der Waals surface area contributed by atoms with E-state index in [0.717, 1.165) is 0 Å². The molecule has 0 fully saturated rings. The molecule has 0 aliphatic carbocycles. The van der Waals surface area contributed by atoms with Gasteiger partial charge in [0.15, 0.2) is 0 Å². The van der Waals surface area contributed by atoms with Gasteiger partial charge in [0, 0.05) is 0 Å². The topological polar surface area (TPSA) is 119 Å². The van der Waals surface area contributed by atoms with Crippen molar-refractivity contribution in [1.82, 2.24) is 15.8 Å². The molecule has 4 N–H and O–H groups in total. The van der Waals surface area contributed by atoms with Gasteiger partial charge in [-0.2, -0.15) is 0 Å². The maximum atomic E-state index is 8.53. The molecule has 0 aliphatic heterocycles. The minimum absolute atomic E-state index is 0.340. The lowest BCUT2D eigenvalue weighted by Crippen LogP contribution is -2.25. The summed E-state index contributed by atoms with van der Waals surface area (Å²) in [6, 6.07) is 0. The number of aromatic nitrogens is 1. The minimum atomic E-state index is -0.927. The van der Waals surface area contributed by atoms with Gasteiger partial charge in [0.25, 0.3) is 0 Å². The molecule has 9 nitrogen and oxygen atoms in total. The first-order valence-electron chi connectivity index (χ1n) is 4.06. The highest BCUT2D eigenvalue weighted by molar-refractivity contribution is 7.09. The largest absolute Gasteiger partial charge is 0.266 e. The second kappa shape index (κ2) is 6.15. The van der Waals surface area contributed by atoms with Crippen LogP contribution in [0, 0.1) is 6.92 Å². The van der Waals surface area contributed by atoms with Gasteiger partial charge in [-0.3, -0.25) is 20.8 Å². The van der Waals surface area contributed by atoms with Crippen LogP contribution in [0.2, 0.25) is 0 Å². The molecule has 1 atom stereocenters. The summed E-state index contributed by atoms with van der Waals surface area (Å²) in [5, 5.41) is 32.8. The summed E-state index contributed by atoms with van der Waals surface area (Å²) in [5.74, 6) is 0. The number of rotatable bonds is 6. The van der Waals surface area contributed by atoms with E-state index in [1.165, 1.54) is 16.8 Å². The summed E-state index contributed by atoms with van der Waals surface area (Å²) in [6.07, 6.45) is -0.927. The molecule has 1 aromatic heterocycles. The Balaban J connectivity index is 2.67. The van der Waals surface area contributed by atoms with Crippen molar-refractivity contribution in [2.75, 3.05) is 6.61 Å². The van der Waals surface area contributed by atoms with Crippen molar-refractivity contribution in [1.29, 1.82) is 0 Å². The fourth-order valence-corrected chi connectivity index (χ4v) is 1.83. The van der Waals surface area contributed by atoms with E-state index in [0.29, 0.717) is 10.6 Å². The lowest BCUT2D eigenvalue weighted by molar-refractivity contribution is -0.528. The summed E-state index contributed by atoms with van der Waals surface area (Å²) in [7, 11) is 0. The van der Waals surface area contributed by atoms with Gasteiger partial charge in [-0.25, -0.2) is 14.7 Å². The Kier molecular flexibility index (Phi) is 5.14. The third kappa shape index (κ3) is 4.05. The highest BCUT2D eigenvalue weighted by Crippen LogP contribution is 2.25. The molecular weight excluding hydrogens is 242 g/mol. The molecular formula is C6H11N3O6S. The zero-order chi connectivity index (χ0) is 12.1. The predicted octanol–water partition coefficient (Wildman–Crippen LogP) is 0.517. The van der Waals surface area contributed by atoms with Crippen LogP contribution in [0.3, 0.4) is 0 Å². The predicted molar refractivity (Wildman–Crippen MR) is 47.5 cm³/mol. The van der Waals surface area contributed by atoms with Gasteiger partial charge in [0.2, 0.25) is 0 Å². The van der Waals surface area contributed by atoms with Gasteiger partial charge < -0.3 is 0 Å². The first kappa shape index (κ1) is 13.4. The molecule has 1 aromatic rings. The second-order valence-corrected chi connectivity index (χ2v) is 3.58. The zero-order valence-corrected chi connectivity index (χ0v) is 9.03. The van der Waals surface area contributed by atoms with E-state index >= 15 is 0 Å². The summed E-state index contributed by atoms with van der Waals surface area (Å²) < 4.78 is 0. The Bertz CT molecular complexity index is 319. The molecule has 0 aromatic carbocycles. The number of hydrogen-bond donors (Lipinski definition) is 4. The molecule has 1 unspecified atom stereocenters. The van der Waals surface area contributed by atoms with Gasteiger partial charge in [-0.1, -0.05) is 0 Å². The molecule has 0 radical (unpaired) electrons. The Hall–Kier alpha value is -0.690. The van der Waals surface area contributed by atoms with E-state index < -0.39 is 16.9 Å². The quantitative estimate of drug-likeness (QED) is 0.538. The van der Waals surface area contributed by atoms with E-state index in [4.69, 9.17) is 20.8 Å². The minimum Gasteiger partial charge on any atom is -0.266 e. The van der Waals surface area contributed by atoms with Gasteiger partial charge in [-0.15, -0.1) is 11.3 Å². The molecule has 1 heterocycles. The maximum Gasteiger partial charge on any atom is 0.146 e. The molecule has 0 aliphatic rings. The zero-order valence-electron chi connectivity index (χ0n) is 8.22. The van der Waals surface area contributed by atoms with E-state index in [1.807, 2.05) is 0 Å². The second-order valence-electron chi connectivity index (χ2n) is 2.70. The molecule has 92 valence electrons. The fourth-order valence-electron chi connectivity index (χ4n) is 1.02. The fraction of sp³-hybridized carbons (Fsp3) is 0.500. The Morgan fingerprint density at radius 3 is 2.50 bits per heavy atom. The van der Waals surface area contributed by atoms with E-state index in [9.17, 15) is 0 Å². The molecule has 0 amide bonds. The smallest absolute Gasteiger partial charge is 0.146 e. The van der Waals surface area contributed by atoms with E-state index in [1.54, 1.807) is 6.92 Å². The van der Waals surface area contributed by atoms with Crippen LogP contribution < -0.4 is 0 Å². The third-order valence-electron chi connectivity index (χ3n) is 1.64. The van der Waals surface area contributed by atoms with Gasteiger partial charge in [-0.05, 0) is 6.92 Å². The van der Waals surface area contributed by atoms with E-state index in [-0.39, 0.29) is 6.61 Å². The molecule has 16 heavy (non-hydrogen) atoms. The van der Waals surface area contributed by atoms with Crippen molar-refractivity contribution in [3.05, 3.63) is 16.1 Å². The lowest BCUT2D eigenvalue weighted by Gasteiger charge is -2.18. The van der Waals surface area contributed by atoms with Crippen LogP contribution in [0.1, 0.15) is 16.7 Å². The van der Waals surface area contributed by atoms with Crippen LogP contribution in [0.4, 0.5) is 0 Å². The Morgan fingerprint density at radius 1 is 1.38 bits per heavy atom. The van der Waals surface area contributed by atoms with Gasteiger partial charge in [0.05, 0.1) is 26.9 Å². The van der Waals surface area contributed by atoms with Crippen molar-refractivity contribution in [3.63, 3.8) is 0 Å². The van der Waals surface area contributed by atoms with Crippen molar-refractivity contribution >= 4 is 11.3 Å². The summed E-state index contributed by atoms with van der Waals surface area (Å²) >= 11 is 1.20. The average molecular weight is 253 g/mol. The first-order chi connectivity index (χ1) is 7.50.